The molecule has 5 heteroatoms. The molecule has 0 amide bonds. The highest BCUT2D eigenvalue weighted by Crippen LogP contribution is 2.43. The van der Waals surface area contributed by atoms with E-state index in [1.807, 2.05) is 18.3 Å². The van der Waals surface area contributed by atoms with Crippen LogP contribution in [0, 0.1) is 0 Å². The number of hydrogen-bond donors (Lipinski definition) is 0. The third-order valence-corrected chi connectivity index (χ3v) is 4.49. The van der Waals surface area contributed by atoms with Gasteiger partial charge in [-0.15, -0.1) is 0 Å². The first-order valence-corrected chi connectivity index (χ1v) is 8.52. The Morgan fingerprint density at radius 1 is 1.12 bits per heavy atom. The van der Waals surface area contributed by atoms with Crippen LogP contribution >= 0.6 is 11.5 Å². The minimum atomic E-state index is 0.591. The number of nitrogens with zero attached hydrogens (tertiary/aromatic N) is 1. The Bertz CT molecular complexity index is 722. The molecule has 0 spiro atoms. The molecule has 0 aliphatic rings. The zero-order valence-corrected chi connectivity index (χ0v) is 15.6. The summed E-state index contributed by atoms with van der Waals surface area (Å²) in [6.45, 7) is 4.21. The Labute approximate surface area is 147 Å². The lowest BCUT2D eigenvalue weighted by molar-refractivity contribution is 0.324. The number of aromatic nitrogens is 1. The van der Waals surface area contributed by atoms with Gasteiger partial charge in [0.05, 0.1) is 26.2 Å². The fourth-order valence-corrected chi connectivity index (χ4v) is 3.18. The second-order valence-electron chi connectivity index (χ2n) is 5.17. The highest BCUT2D eigenvalue weighted by atomic mass is 32.1. The van der Waals surface area contributed by atoms with Crippen LogP contribution in [0.15, 0.2) is 36.6 Å². The quantitative estimate of drug-likeness (QED) is 0.646. The molecule has 0 bridgehead atoms. The lowest BCUT2D eigenvalue weighted by Crippen LogP contribution is -1.95. The van der Waals surface area contributed by atoms with E-state index in [1.54, 1.807) is 21.3 Å². The number of allylic oxidation sites excluding steroid dienone is 4. The standard InChI is InChI=1S/C19H23NO3S/c1-6-7-8-9-13(2)15-12-20-24-19(15)14-10-16(21-3)18(23-5)17(11-14)22-4/h7-12H,6H2,1-5H3/b8-7-,13-9+. The van der Waals surface area contributed by atoms with Crippen LogP contribution in [0.2, 0.25) is 0 Å². The molecule has 128 valence electrons. The van der Waals surface area contributed by atoms with Gasteiger partial charge in [0.15, 0.2) is 11.5 Å². The van der Waals surface area contributed by atoms with Crippen molar-refractivity contribution in [3.8, 4) is 27.7 Å². The van der Waals surface area contributed by atoms with Gasteiger partial charge in [0.2, 0.25) is 5.75 Å². The molecule has 0 N–H and O–H groups in total. The Balaban J connectivity index is 2.52. The molecule has 1 aromatic carbocycles. The van der Waals surface area contributed by atoms with Crippen molar-refractivity contribution in [2.75, 3.05) is 21.3 Å². The molecule has 0 saturated heterocycles. The van der Waals surface area contributed by atoms with Crippen molar-refractivity contribution < 1.29 is 14.2 Å². The van der Waals surface area contributed by atoms with Crippen molar-refractivity contribution in [1.82, 2.24) is 4.37 Å². The van der Waals surface area contributed by atoms with Gasteiger partial charge in [-0.3, -0.25) is 0 Å². The lowest BCUT2D eigenvalue weighted by Gasteiger charge is -2.14. The summed E-state index contributed by atoms with van der Waals surface area (Å²) in [6.07, 6.45) is 9.23. The van der Waals surface area contributed by atoms with Crippen LogP contribution < -0.4 is 14.2 Å². The second-order valence-corrected chi connectivity index (χ2v) is 5.97. The van der Waals surface area contributed by atoms with Gasteiger partial charge < -0.3 is 14.2 Å². The molecule has 0 saturated carbocycles. The van der Waals surface area contributed by atoms with Crippen molar-refractivity contribution in [2.45, 2.75) is 20.3 Å². The van der Waals surface area contributed by atoms with Gasteiger partial charge in [0.1, 0.15) is 0 Å². The van der Waals surface area contributed by atoms with Crippen molar-refractivity contribution in [3.63, 3.8) is 0 Å². The van der Waals surface area contributed by atoms with Crippen molar-refractivity contribution >= 4 is 17.1 Å². The molecule has 1 heterocycles. The third-order valence-electron chi connectivity index (χ3n) is 3.64. The zero-order chi connectivity index (χ0) is 17.5. The molecular weight excluding hydrogens is 322 g/mol. The summed E-state index contributed by atoms with van der Waals surface area (Å²) in [5.74, 6) is 1.87. The average molecular weight is 345 g/mol. The Morgan fingerprint density at radius 2 is 1.79 bits per heavy atom. The smallest absolute Gasteiger partial charge is 0.203 e. The predicted molar refractivity (Wildman–Crippen MR) is 100 cm³/mol. The maximum absolute atomic E-state index is 5.45. The molecule has 2 aromatic rings. The Kier molecular flexibility index (Phi) is 6.44. The largest absolute Gasteiger partial charge is 0.493 e. The maximum atomic E-state index is 5.45. The van der Waals surface area contributed by atoms with Crippen LogP contribution in [-0.4, -0.2) is 25.7 Å². The zero-order valence-electron chi connectivity index (χ0n) is 14.8. The first kappa shape index (κ1) is 18.1. The summed E-state index contributed by atoms with van der Waals surface area (Å²) < 4.78 is 20.7. The minimum absolute atomic E-state index is 0.591. The number of rotatable bonds is 7. The van der Waals surface area contributed by atoms with Crippen LogP contribution in [0.25, 0.3) is 16.0 Å². The van der Waals surface area contributed by atoms with Gasteiger partial charge in [-0.1, -0.05) is 25.2 Å². The first-order valence-electron chi connectivity index (χ1n) is 7.75. The molecule has 4 nitrogen and oxygen atoms in total. The normalized spacial score (nSPS) is 11.8. The average Bonchev–Trinajstić information content (AvgIpc) is 3.10. The molecule has 0 aliphatic carbocycles. The lowest BCUT2D eigenvalue weighted by atomic mass is 10.0. The second kappa shape index (κ2) is 8.55. The third kappa shape index (κ3) is 3.79. The minimum Gasteiger partial charge on any atom is -0.493 e. The van der Waals surface area contributed by atoms with Gasteiger partial charge in [-0.05, 0) is 42.6 Å². The van der Waals surface area contributed by atoms with Crippen LogP contribution in [-0.2, 0) is 0 Å². The van der Waals surface area contributed by atoms with E-state index in [4.69, 9.17) is 14.2 Å². The van der Waals surface area contributed by atoms with E-state index in [-0.39, 0.29) is 0 Å². The highest BCUT2D eigenvalue weighted by Gasteiger charge is 2.17. The number of methoxy groups -OCH3 is 3. The van der Waals surface area contributed by atoms with Gasteiger partial charge >= 0.3 is 0 Å². The van der Waals surface area contributed by atoms with Crippen LogP contribution in [0.1, 0.15) is 25.8 Å². The summed E-state index contributed by atoms with van der Waals surface area (Å²) in [5.41, 5.74) is 3.27. The van der Waals surface area contributed by atoms with E-state index < -0.39 is 0 Å². The summed E-state index contributed by atoms with van der Waals surface area (Å²) in [6, 6.07) is 3.90. The molecule has 0 unspecified atom stereocenters. The van der Waals surface area contributed by atoms with Gasteiger partial charge in [0, 0.05) is 17.3 Å². The number of ether oxygens (including phenoxy) is 3. The molecule has 0 fully saturated rings. The van der Waals surface area contributed by atoms with Crippen LogP contribution in [0.5, 0.6) is 17.2 Å². The molecule has 24 heavy (non-hydrogen) atoms. The predicted octanol–water partition coefficient (Wildman–Crippen LogP) is 5.21. The SMILES string of the molecule is CC/C=C\C=C(/C)c1cnsc1-c1cc(OC)c(OC)c(OC)c1. The van der Waals surface area contributed by atoms with Crippen molar-refractivity contribution in [1.29, 1.82) is 0 Å². The van der Waals surface area contributed by atoms with E-state index in [0.717, 1.165) is 28.0 Å². The van der Waals surface area contributed by atoms with Gasteiger partial charge in [-0.25, -0.2) is 0 Å². The van der Waals surface area contributed by atoms with E-state index in [9.17, 15) is 0 Å². The Hall–Kier alpha value is -2.27. The van der Waals surface area contributed by atoms with Gasteiger partial charge in [-0.2, -0.15) is 4.37 Å². The molecule has 0 aliphatic heterocycles. The van der Waals surface area contributed by atoms with E-state index in [1.165, 1.54) is 11.5 Å². The van der Waals surface area contributed by atoms with E-state index in [2.05, 4.69) is 36.4 Å². The molecule has 2 rings (SSSR count). The summed E-state index contributed by atoms with van der Waals surface area (Å²) in [4.78, 5) is 1.08. The highest BCUT2D eigenvalue weighted by molar-refractivity contribution is 7.09. The number of benzene rings is 1. The molecule has 1 aromatic heterocycles. The molecular formula is C19H23NO3S. The first-order chi connectivity index (χ1) is 11.7. The van der Waals surface area contributed by atoms with E-state index in [0.29, 0.717) is 17.2 Å². The van der Waals surface area contributed by atoms with Crippen LogP contribution in [0.3, 0.4) is 0 Å². The summed E-state index contributed by atoms with van der Waals surface area (Å²) in [5, 5.41) is 0. The molecule has 0 radical (unpaired) electrons. The van der Waals surface area contributed by atoms with Crippen molar-refractivity contribution in [3.05, 3.63) is 42.1 Å². The van der Waals surface area contributed by atoms with Crippen LogP contribution in [0.4, 0.5) is 0 Å². The maximum Gasteiger partial charge on any atom is 0.203 e. The van der Waals surface area contributed by atoms with Gasteiger partial charge in [0.25, 0.3) is 0 Å². The number of hydrogen-bond acceptors (Lipinski definition) is 5. The molecule has 0 atom stereocenters. The Morgan fingerprint density at radius 3 is 2.33 bits per heavy atom. The fourth-order valence-electron chi connectivity index (χ4n) is 2.38. The monoisotopic (exact) mass is 345 g/mol. The van der Waals surface area contributed by atoms with E-state index >= 15 is 0 Å². The fraction of sp³-hybridized carbons (Fsp3) is 0.316. The summed E-state index contributed by atoms with van der Waals surface area (Å²) in [7, 11) is 4.84. The van der Waals surface area contributed by atoms with Crippen molar-refractivity contribution in [2.24, 2.45) is 0 Å². The summed E-state index contributed by atoms with van der Waals surface area (Å²) >= 11 is 1.46. The topological polar surface area (TPSA) is 40.6 Å².